The summed E-state index contributed by atoms with van der Waals surface area (Å²) in [5.41, 5.74) is 0. The second kappa shape index (κ2) is 11.1. The highest BCUT2D eigenvalue weighted by Crippen LogP contribution is 2.15. The van der Waals surface area contributed by atoms with Crippen LogP contribution in [0.4, 0.5) is 0 Å². The molecule has 60 valence electrons. The van der Waals surface area contributed by atoms with E-state index in [4.69, 9.17) is 0 Å². The van der Waals surface area contributed by atoms with Crippen LogP contribution < -0.4 is 12.3 Å². The molecule has 2 nitrogen and oxygen atoms in total. The molecule has 3 heteroatoms. The Hall–Kier alpha value is 0.210. The molecule has 1 aliphatic carbocycles. The standard InChI is InChI=1S/C6H12.ClH.2H3N/c1-2-4-6-5-3-1;;;/h1-6H2;1H;2*1H3. The summed E-state index contributed by atoms with van der Waals surface area (Å²) in [7, 11) is 0. The Balaban J connectivity index is -0.000000120. The van der Waals surface area contributed by atoms with E-state index in [0.29, 0.717) is 0 Å². The van der Waals surface area contributed by atoms with E-state index >= 15 is 0 Å². The maximum absolute atomic E-state index is 1.50. The molecule has 1 rings (SSSR count). The van der Waals surface area contributed by atoms with Crippen LogP contribution in [-0.2, 0) is 0 Å². The highest BCUT2D eigenvalue weighted by atomic mass is 35.5. The van der Waals surface area contributed by atoms with Crippen molar-refractivity contribution in [2.75, 3.05) is 0 Å². The third-order valence-corrected chi connectivity index (χ3v) is 1.50. The van der Waals surface area contributed by atoms with Crippen LogP contribution in [0.3, 0.4) is 0 Å². The van der Waals surface area contributed by atoms with Crippen LogP contribution in [0.5, 0.6) is 0 Å². The average molecular weight is 155 g/mol. The molecule has 0 atom stereocenters. The number of hydrogen-bond donors (Lipinski definition) is 2. The Morgan fingerprint density at radius 1 is 0.444 bits per heavy atom. The lowest BCUT2D eigenvalue weighted by Gasteiger charge is -2.05. The number of rotatable bonds is 0. The van der Waals surface area contributed by atoms with Gasteiger partial charge in [0.2, 0.25) is 0 Å². The van der Waals surface area contributed by atoms with Crippen molar-refractivity contribution in [1.29, 1.82) is 0 Å². The molecule has 0 unspecified atom stereocenters. The zero-order valence-electron chi connectivity index (χ0n) is 6.07. The Morgan fingerprint density at radius 3 is 0.667 bits per heavy atom. The largest absolute Gasteiger partial charge is 0.344 e. The lowest BCUT2D eigenvalue weighted by atomic mass is 10.0. The van der Waals surface area contributed by atoms with E-state index in [1.54, 1.807) is 0 Å². The van der Waals surface area contributed by atoms with Gasteiger partial charge in [-0.1, -0.05) is 38.5 Å². The SMILES string of the molecule is C1CCCCC1.Cl.N.N. The molecule has 9 heavy (non-hydrogen) atoms. The van der Waals surface area contributed by atoms with E-state index in [0.717, 1.165) is 0 Å². The summed E-state index contributed by atoms with van der Waals surface area (Å²) in [5.74, 6) is 0. The number of halogens is 1. The van der Waals surface area contributed by atoms with Gasteiger partial charge in [0.25, 0.3) is 0 Å². The first-order valence-electron chi connectivity index (χ1n) is 3.00. The fourth-order valence-corrected chi connectivity index (χ4v) is 1.06. The maximum atomic E-state index is 1.50. The first-order chi connectivity index (χ1) is 3.00. The second-order valence-corrected chi connectivity index (χ2v) is 2.12. The zero-order valence-corrected chi connectivity index (χ0v) is 6.88. The summed E-state index contributed by atoms with van der Waals surface area (Å²) in [6.45, 7) is 0. The van der Waals surface area contributed by atoms with Gasteiger partial charge in [0.05, 0.1) is 0 Å². The molecule has 0 spiro atoms. The van der Waals surface area contributed by atoms with Gasteiger partial charge in [-0.3, -0.25) is 0 Å². The van der Waals surface area contributed by atoms with Crippen molar-refractivity contribution < 1.29 is 0 Å². The molecule has 0 radical (unpaired) electrons. The van der Waals surface area contributed by atoms with Crippen molar-refractivity contribution >= 4 is 12.4 Å². The Morgan fingerprint density at radius 2 is 0.556 bits per heavy atom. The smallest absolute Gasteiger partial charge is 0.0533 e. The molecule has 1 saturated carbocycles. The van der Waals surface area contributed by atoms with Gasteiger partial charge in [-0.05, 0) is 0 Å². The van der Waals surface area contributed by atoms with Crippen molar-refractivity contribution in [3.8, 4) is 0 Å². The van der Waals surface area contributed by atoms with E-state index in [2.05, 4.69) is 0 Å². The van der Waals surface area contributed by atoms with Crippen molar-refractivity contribution in [2.24, 2.45) is 0 Å². The van der Waals surface area contributed by atoms with E-state index in [1.165, 1.54) is 38.5 Å². The molecule has 0 bridgehead atoms. The lowest BCUT2D eigenvalue weighted by Crippen LogP contribution is -1.85. The predicted molar refractivity (Wildman–Crippen MR) is 45.0 cm³/mol. The average Bonchev–Trinajstić information content (AvgIpc) is 1.72. The molecule has 0 aromatic heterocycles. The summed E-state index contributed by atoms with van der Waals surface area (Å²) in [5, 5.41) is 0. The van der Waals surface area contributed by atoms with Crippen LogP contribution in [-0.4, -0.2) is 0 Å². The molecule has 1 aliphatic rings. The first-order valence-corrected chi connectivity index (χ1v) is 3.00. The molecule has 0 aromatic rings. The molecule has 0 aliphatic heterocycles. The van der Waals surface area contributed by atoms with Gasteiger partial charge in [-0.15, -0.1) is 12.4 Å². The molecule has 1 fully saturated rings. The van der Waals surface area contributed by atoms with Crippen molar-refractivity contribution in [3.63, 3.8) is 0 Å². The van der Waals surface area contributed by atoms with Crippen LogP contribution in [0.15, 0.2) is 0 Å². The van der Waals surface area contributed by atoms with Gasteiger partial charge >= 0.3 is 0 Å². The van der Waals surface area contributed by atoms with Crippen LogP contribution >= 0.6 is 12.4 Å². The minimum absolute atomic E-state index is 0. The summed E-state index contributed by atoms with van der Waals surface area (Å²) in [4.78, 5) is 0. The monoisotopic (exact) mass is 154 g/mol. The minimum atomic E-state index is 0. The van der Waals surface area contributed by atoms with Crippen molar-refractivity contribution in [2.45, 2.75) is 38.5 Å². The van der Waals surface area contributed by atoms with Gasteiger partial charge < -0.3 is 12.3 Å². The molecular weight excluding hydrogens is 136 g/mol. The third kappa shape index (κ3) is 8.21. The van der Waals surface area contributed by atoms with E-state index in [-0.39, 0.29) is 24.7 Å². The maximum Gasteiger partial charge on any atom is -0.0533 e. The number of hydrogen-bond acceptors (Lipinski definition) is 2. The van der Waals surface area contributed by atoms with Crippen LogP contribution in [0.1, 0.15) is 38.5 Å². The zero-order chi connectivity index (χ0) is 4.24. The normalized spacial score (nSPS) is 16.0. The Bertz CT molecular complexity index is 26.5. The Labute approximate surface area is 64.0 Å². The predicted octanol–water partition coefficient (Wildman–Crippen LogP) is 3.09. The quantitative estimate of drug-likeness (QED) is 0.563. The molecule has 0 saturated heterocycles. The van der Waals surface area contributed by atoms with Gasteiger partial charge in [0, 0.05) is 0 Å². The van der Waals surface area contributed by atoms with E-state index in [1.807, 2.05) is 0 Å². The summed E-state index contributed by atoms with van der Waals surface area (Å²) < 4.78 is 0. The second-order valence-electron chi connectivity index (χ2n) is 2.12. The van der Waals surface area contributed by atoms with Crippen molar-refractivity contribution in [3.05, 3.63) is 0 Å². The van der Waals surface area contributed by atoms with Crippen molar-refractivity contribution in [1.82, 2.24) is 12.3 Å². The van der Waals surface area contributed by atoms with Gasteiger partial charge in [-0.2, -0.15) is 0 Å². The minimum Gasteiger partial charge on any atom is -0.344 e. The summed E-state index contributed by atoms with van der Waals surface area (Å²) >= 11 is 0. The van der Waals surface area contributed by atoms with Gasteiger partial charge in [0.15, 0.2) is 0 Å². The van der Waals surface area contributed by atoms with Crippen LogP contribution in [0.25, 0.3) is 0 Å². The van der Waals surface area contributed by atoms with E-state index in [9.17, 15) is 0 Å². The fourth-order valence-electron chi connectivity index (χ4n) is 1.06. The highest BCUT2D eigenvalue weighted by molar-refractivity contribution is 5.85. The van der Waals surface area contributed by atoms with Crippen LogP contribution in [0.2, 0.25) is 0 Å². The summed E-state index contributed by atoms with van der Waals surface area (Å²) in [6, 6.07) is 0. The molecule has 0 aromatic carbocycles. The lowest BCUT2D eigenvalue weighted by molar-refractivity contribution is 0.504. The Kier molecular flexibility index (Phi) is 19.8. The van der Waals surface area contributed by atoms with Gasteiger partial charge in [-0.25, -0.2) is 0 Å². The van der Waals surface area contributed by atoms with Crippen LogP contribution in [0, 0.1) is 0 Å². The highest BCUT2D eigenvalue weighted by Gasteiger charge is 1.95. The molecule has 6 N–H and O–H groups in total. The van der Waals surface area contributed by atoms with Gasteiger partial charge in [0.1, 0.15) is 0 Å². The molecular formula is C6H19ClN2. The summed E-state index contributed by atoms with van der Waals surface area (Å²) in [6.07, 6.45) is 9.00. The fraction of sp³-hybridized carbons (Fsp3) is 1.00. The molecule has 0 heterocycles. The first kappa shape index (κ1) is 16.1. The molecule has 0 amide bonds. The third-order valence-electron chi connectivity index (χ3n) is 1.50. The topological polar surface area (TPSA) is 70.0 Å². The van der Waals surface area contributed by atoms with E-state index < -0.39 is 0 Å².